The van der Waals surface area contributed by atoms with E-state index in [4.69, 9.17) is 6.85 Å². The fourth-order valence-corrected chi connectivity index (χ4v) is 2.75. The van der Waals surface area contributed by atoms with Gasteiger partial charge in [0.1, 0.15) is 0 Å². The molecule has 2 nitrogen and oxygen atoms in total. The van der Waals surface area contributed by atoms with Crippen molar-refractivity contribution in [1.29, 1.82) is 0 Å². The summed E-state index contributed by atoms with van der Waals surface area (Å²) < 4.78 is 40.0. The molecule has 0 spiro atoms. The summed E-state index contributed by atoms with van der Waals surface area (Å²) in [5.74, 6) is -0.772. The summed E-state index contributed by atoms with van der Waals surface area (Å²) in [5, 5.41) is 0. The van der Waals surface area contributed by atoms with Crippen molar-refractivity contribution < 1.29 is 16.4 Å². The molecule has 0 aromatic heterocycles. The Morgan fingerprint density at radius 1 is 0.773 bits per heavy atom. The number of carbonyl (C=O) groups excluding carboxylic acids is 1. The molecule has 0 heterocycles. The van der Waals surface area contributed by atoms with Gasteiger partial charge in [0, 0.05) is 10.5 Å². The third-order valence-corrected chi connectivity index (χ3v) is 4.15. The van der Waals surface area contributed by atoms with Gasteiger partial charge in [-0.25, -0.2) is 0 Å². The van der Waals surface area contributed by atoms with Gasteiger partial charge in [-0.05, 0) is 13.3 Å². The summed E-state index contributed by atoms with van der Waals surface area (Å²) in [5.41, 5.74) is 0. The second-order valence-corrected chi connectivity index (χ2v) is 6.28. The Balaban J connectivity index is 3.37. The zero-order valence-corrected chi connectivity index (χ0v) is 14.6. The van der Waals surface area contributed by atoms with E-state index in [9.17, 15) is 4.79 Å². The van der Waals surface area contributed by atoms with Crippen molar-refractivity contribution in [2.45, 2.75) is 117 Å². The molecule has 0 aliphatic carbocycles. The summed E-state index contributed by atoms with van der Waals surface area (Å²) in [6, 6.07) is 0. The molecule has 0 unspecified atom stereocenters. The van der Waals surface area contributed by atoms with Gasteiger partial charge in [-0.1, -0.05) is 96.8 Å². The zero-order chi connectivity index (χ0) is 20.6. The van der Waals surface area contributed by atoms with Gasteiger partial charge in [-0.3, -0.25) is 4.79 Å². The number of carbonyl (C=O) groups is 1. The normalized spacial score (nSPS) is 15.4. The standard InChI is InChI=1S/C20H40O2/c1-3-5-6-7-8-9-10-11-12-13-14-15-16-17-18-19-20(21)22-4-2/h3-19H2,1-2H3/i2D3,4D2. The Hall–Kier alpha value is -0.530. The van der Waals surface area contributed by atoms with Crippen molar-refractivity contribution in [1.82, 2.24) is 0 Å². The van der Waals surface area contributed by atoms with Crippen LogP contribution in [0, 0.1) is 0 Å². The zero-order valence-electron chi connectivity index (χ0n) is 19.6. The van der Waals surface area contributed by atoms with Gasteiger partial charge in [-0.15, -0.1) is 0 Å². The quantitative estimate of drug-likeness (QED) is 0.217. The van der Waals surface area contributed by atoms with Crippen LogP contribution >= 0.6 is 0 Å². The lowest BCUT2D eigenvalue weighted by molar-refractivity contribution is -0.143. The van der Waals surface area contributed by atoms with Crippen LogP contribution in [0.3, 0.4) is 0 Å². The Morgan fingerprint density at radius 3 is 1.59 bits per heavy atom. The van der Waals surface area contributed by atoms with E-state index < -0.39 is 19.4 Å². The molecule has 2 heteroatoms. The van der Waals surface area contributed by atoms with E-state index in [0.717, 1.165) is 19.3 Å². The fourth-order valence-electron chi connectivity index (χ4n) is 2.75. The van der Waals surface area contributed by atoms with E-state index in [1.807, 2.05) is 0 Å². The molecule has 0 aromatic carbocycles. The average Bonchev–Trinajstić information content (AvgIpc) is 2.57. The number of hydrogen-bond acceptors (Lipinski definition) is 2. The Bertz CT molecular complexity index is 370. The maximum absolute atomic E-state index is 11.5. The maximum atomic E-state index is 11.5. The molecule has 0 fully saturated rings. The van der Waals surface area contributed by atoms with Gasteiger partial charge in [0.05, 0.1) is 9.30 Å². The summed E-state index contributed by atoms with van der Waals surface area (Å²) in [7, 11) is 0. The van der Waals surface area contributed by atoms with Crippen LogP contribution < -0.4 is 0 Å². The molecule has 0 rings (SSSR count). The first-order chi connectivity index (χ1) is 12.7. The fraction of sp³-hybridized carbons (Fsp3) is 0.950. The molecule has 0 aliphatic heterocycles. The van der Waals surface area contributed by atoms with Crippen LogP contribution in [0.15, 0.2) is 0 Å². The number of unbranched alkanes of at least 4 members (excludes halogenated alkanes) is 14. The van der Waals surface area contributed by atoms with Crippen molar-refractivity contribution in [2.75, 3.05) is 6.56 Å². The van der Waals surface area contributed by atoms with E-state index in [0.29, 0.717) is 6.42 Å². The van der Waals surface area contributed by atoms with Gasteiger partial charge in [-0.2, -0.15) is 0 Å². The number of esters is 1. The minimum Gasteiger partial charge on any atom is -0.466 e. The molecule has 0 saturated heterocycles. The van der Waals surface area contributed by atoms with Crippen LogP contribution in [-0.4, -0.2) is 12.5 Å². The molecule has 22 heavy (non-hydrogen) atoms. The van der Waals surface area contributed by atoms with E-state index >= 15 is 0 Å². The lowest BCUT2D eigenvalue weighted by Crippen LogP contribution is -2.03. The summed E-state index contributed by atoms with van der Waals surface area (Å²) in [4.78, 5) is 11.5. The van der Waals surface area contributed by atoms with E-state index in [2.05, 4.69) is 11.7 Å². The van der Waals surface area contributed by atoms with E-state index in [-0.39, 0.29) is 6.42 Å². The molecule has 0 atom stereocenters. The SMILES string of the molecule is [2H]C([2H])([2H])C([2H])([2H])OC(=O)CCCCCCCCCCCCCCCCC. The molecule has 0 radical (unpaired) electrons. The topological polar surface area (TPSA) is 26.3 Å². The van der Waals surface area contributed by atoms with Crippen LogP contribution in [0.5, 0.6) is 0 Å². The van der Waals surface area contributed by atoms with Crippen LogP contribution in [0.2, 0.25) is 0 Å². The minimum atomic E-state index is -2.95. The first-order valence-electron chi connectivity index (χ1n) is 11.9. The Kier molecular flexibility index (Phi) is 11.7. The molecule has 0 N–H and O–H groups in total. The summed E-state index contributed by atoms with van der Waals surface area (Å²) in [6.07, 6.45) is 18.5. The number of hydrogen-bond donors (Lipinski definition) is 0. The van der Waals surface area contributed by atoms with Crippen molar-refractivity contribution in [3.05, 3.63) is 0 Å². The summed E-state index contributed by atoms with van der Waals surface area (Å²) >= 11 is 0. The molecule has 0 aliphatic rings. The van der Waals surface area contributed by atoms with Gasteiger partial charge < -0.3 is 4.74 Å². The molecule has 0 aromatic rings. The number of ether oxygens (including phenoxy) is 1. The van der Waals surface area contributed by atoms with E-state index in [1.54, 1.807) is 0 Å². The molecule has 0 amide bonds. The molecule has 0 saturated carbocycles. The predicted octanol–water partition coefficient (Wildman–Crippen LogP) is 6.81. The Labute approximate surface area is 146 Å². The highest BCUT2D eigenvalue weighted by atomic mass is 16.5. The highest BCUT2D eigenvalue weighted by Gasteiger charge is 2.00. The highest BCUT2D eigenvalue weighted by Crippen LogP contribution is 2.13. The van der Waals surface area contributed by atoms with Crippen molar-refractivity contribution in [3.63, 3.8) is 0 Å². The average molecular weight is 318 g/mol. The first-order valence-corrected chi connectivity index (χ1v) is 9.42. The highest BCUT2D eigenvalue weighted by molar-refractivity contribution is 5.69. The van der Waals surface area contributed by atoms with Crippen molar-refractivity contribution in [2.24, 2.45) is 0 Å². The van der Waals surface area contributed by atoms with Crippen molar-refractivity contribution in [3.8, 4) is 0 Å². The lowest BCUT2D eigenvalue weighted by atomic mass is 10.0. The lowest BCUT2D eigenvalue weighted by Gasteiger charge is -2.03. The monoisotopic (exact) mass is 317 g/mol. The second kappa shape index (κ2) is 18.5. The minimum absolute atomic E-state index is 0.0772. The summed E-state index contributed by atoms with van der Waals surface area (Å²) in [6.45, 7) is -3.60. The molecular formula is C20H40O2. The largest absolute Gasteiger partial charge is 0.466 e. The first kappa shape index (κ1) is 13.9. The van der Waals surface area contributed by atoms with Gasteiger partial charge in [0.25, 0.3) is 0 Å². The van der Waals surface area contributed by atoms with Gasteiger partial charge in [0.2, 0.25) is 0 Å². The molecular weight excluding hydrogens is 272 g/mol. The van der Waals surface area contributed by atoms with Crippen LogP contribution in [0.1, 0.15) is 123 Å². The third kappa shape index (κ3) is 17.5. The number of rotatable bonds is 17. The molecule has 132 valence electrons. The van der Waals surface area contributed by atoms with Crippen molar-refractivity contribution >= 4 is 5.97 Å². The Morgan fingerprint density at radius 2 is 1.18 bits per heavy atom. The van der Waals surface area contributed by atoms with Gasteiger partial charge >= 0.3 is 5.97 Å². The predicted molar refractivity (Wildman–Crippen MR) is 96.2 cm³/mol. The van der Waals surface area contributed by atoms with Crippen LogP contribution in [0.4, 0.5) is 0 Å². The van der Waals surface area contributed by atoms with Crippen LogP contribution in [-0.2, 0) is 9.53 Å². The van der Waals surface area contributed by atoms with E-state index in [1.165, 1.54) is 70.6 Å². The second-order valence-electron chi connectivity index (χ2n) is 6.28. The van der Waals surface area contributed by atoms with Crippen LogP contribution in [0.25, 0.3) is 0 Å². The maximum Gasteiger partial charge on any atom is 0.305 e. The smallest absolute Gasteiger partial charge is 0.305 e. The third-order valence-electron chi connectivity index (χ3n) is 4.15. The van der Waals surface area contributed by atoms with Gasteiger partial charge in [0.15, 0.2) is 0 Å². The molecule has 0 bridgehead atoms.